The van der Waals surface area contributed by atoms with Gasteiger partial charge in [0.25, 0.3) is 0 Å². The van der Waals surface area contributed by atoms with Gasteiger partial charge in [0.1, 0.15) is 13.0 Å². The average molecular weight is 567 g/mol. The number of aliphatic carboxylic acids is 1. The zero-order valence-corrected chi connectivity index (χ0v) is 22.9. The third kappa shape index (κ3) is 27.0. The van der Waals surface area contributed by atoms with Crippen LogP contribution in [-0.2, 0) is 47.6 Å². The van der Waals surface area contributed by atoms with Crippen molar-refractivity contribution in [1.82, 2.24) is 16.0 Å². The van der Waals surface area contributed by atoms with Gasteiger partial charge < -0.3 is 55.2 Å². The smallest absolute Gasteiger partial charge is 0.312 e. The zero-order chi connectivity index (χ0) is 29.0. The molecule has 0 spiro atoms. The lowest BCUT2D eigenvalue weighted by Crippen LogP contribution is -2.39. The second kappa shape index (κ2) is 27.2. The van der Waals surface area contributed by atoms with E-state index in [4.69, 9.17) is 39.3 Å². The predicted molar refractivity (Wildman–Crippen MR) is 139 cm³/mol. The SMILES string of the molecule is CNC(CCCCNC(=O)COCCOCCOCCOCCOCCOCCNC(=O)CC(=O)O)C(N)=O. The summed E-state index contributed by atoms with van der Waals surface area (Å²) in [7, 11) is 1.69. The van der Waals surface area contributed by atoms with Gasteiger partial charge in [0, 0.05) is 13.1 Å². The van der Waals surface area contributed by atoms with Crippen LogP contribution in [-0.4, -0.2) is 134 Å². The van der Waals surface area contributed by atoms with Crippen LogP contribution in [0, 0.1) is 0 Å². The lowest BCUT2D eigenvalue weighted by atomic mass is 10.1. The number of carboxylic acid groups (broad SMARTS) is 1. The average Bonchev–Trinajstić information content (AvgIpc) is 2.88. The standard InChI is InChI=1S/C24H46N4O11/c1-26-20(24(25)33)4-2-3-5-27-22(30)19-39-17-16-38-15-14-37-13-12-36-11-10-35-9-8-34-7-6-28-21(29)18-23(31)32/h20,26H,2-19H2,1H3,(H2,25,33)(H,27,30)(H,28,29)(H,31,32). The molecule has 1 unspecified atom stereocenters. The van der Waals surface area contributed by atoms with Crippen LogP contribution in [0.1, 0.15) is 25.7 Å². The molecule has 0 radical (unpaired) electrons. The van der Waals surface area contributed by atoms with Crippen LogP contribution in [0.5, 0.6) is 0 Å². The number of amides is 3. The first-order valence-corrected chi connectivity index (χ1v) is 13.0. The minimum absolute atomic E-state index is 0.0375. The Morgan fingerprint density at radius 1 is 0.667 bits per heavy atom. The molecule has 0 aliphatic carbocycles. The molecule has 0 bridgehead atoms. The van der Waals surface area contributed by atoms with Gasteiger partial charge in [-0.25, -0.2) is 0 Å². The summed E-state index contributed by atoms with van der Waals surface area (Å²) < 4.78 is 32.0. The van der Waals surface area contributed by atoms with Crippen LogP contribution in [0.15, 0.2) is 0 Å². The van der Waals surface area contributed by atoms with E-state index in [1.165, 1.54) is 0 Å². The fourth-order valence-corrected chi connectivity index (χ4v) is 2.91. The van der Waals surface area contributed by atoms with Crippen LogP contribution in [0.25, 0.3) is 0 Å². The minimum atomic E-state index is -1.17. The third-order valence-electron chi connectivity index (χ3n) is 4.91. The molecule has 0 saturated heterocycles. The number of ether oxygens (including phenoxy) is 6. The lowest BCUT2D eigenvalue weighted by molar-refractivity contribution is -0.140. The fraction of sp³-hybridized carbons (Fsp3) is 0.833. The zero-order valence-electron chi connectivity index (χ0n) is 22.9. The van der Waals surface area contributed by atoms with Gasteiger partial charge in [0.05, 0.1) is 78.7 Å². The molecule has 1 atom stereocenters. The molecular formula is C24H46N4O11. The van der Waals surface area contributed by atoms with Crippen molar-refractivity contribution in [1.29, 1.82) is 0 Å². The van der Waals surface area contributed by atoms with Gasteiger partial charge in [0.15, 0.2) is 0 Å². The number of primary amides is 1. The van der Waals surface area contributed by atoms with Crippen molar-refractivity contribution < 1.29 is 52.7 Å². The van der Waals surface area contributed by atoms with Gasteiger partial charge in [-0.1, -0.05) is 0 Å². The van der Waals surface area contributed by atoms with E-state index in [1.807, 2.05) is 0 Å². The largest absolute Gasteiger partial charge is 0.481 e. The number of likely N-dealkylation sites (N-methyl/N-ethyl adjacent to an activating group) is 1. The van der Waals surface area contributed by atoms with Gasteiger partial charge >= 0.3 is 5.97 Å². The van der Waals surface area contributed by atoms with Crippen molar-refractivity contribution in [3.63, 3.8) is 0 Å². The van der Waals surface area contributed by atoms with Gasteiger partial charge in [0.2, 0.25) is 17.7 Å². The minimum Gasteiger partial charge on any atom is -0.481 e. The van der Waals surface area contributed by atoms with Crippen LogP contribution >= 0.6 is 0 Å². The predicted octanol–water partition coefficient (Wildman–Crippen LogP) is -1.96. The number of carboxylic acids is 1. The molecule has 3 amide bonds. The Bertz CT molecular complexity index is 656. The van der Waals surface area contributed by atoms with Crippen molar-refractivity contribution in [2.24, 2.45) is 5.73 Å². The number of nitrogens with two attached hydrogens (primary N) is 1. The molecule has 0 heterocycles. The Morgan fingerprint density at radius 2 is 1.13 bits per heavy atom. The molecule has 6 N–H and O–H groups in total. The van der Waals surface area contributed by atoms with E-state index in [9.17, 15) is 19.2 Å². The first kappa shape index (κ1) is 36.6. The Morgan fingerprint density at radius 3 is 1.59 bits per heavy atom. The number of nitrogens with one attached hydrogen (secondary N) is 3. The molecule has 0 fully saturated rings. The van der Waals surface area contributed by atoms with E-state index in [-0.39, 0.29) is 37.6 Å². The van der Waals surface area contributed by atoms with Gasteiger partial charge in [-0.15, -0.1) is 0 Å². The van der Waals surface area contributed by atoms with E-state index in [0.29, 0.717) is 79.0 Å². The summed E-state index contributed by atoms with van der Waals surface area (Å²) in [6.07, 6.45) is 1.60. The summed E-state index contributed by atoms with van der Waals surface area (Å²) in [6, 6.07) is -0.344. The number of unbranched alkanes of at least 4 members (excludes halogenated alkanes) is 1. The molecule has 0 aromatic rings. The van der Waals surface area contributed by atoms with E-state index in [1.54, 1.807) is 7.05 Å². The van der Waals surface area contributed by atoms with Crippen molar-refractivity contribution in [3.05, 3.63) is 0 Å². The molecule has 0 aromatic carbocycles. The van der Waals surface area contributed by atoms with Crippen LogP contribution in [0.3, 0.4) is 0 Å². The van der Waals surface area contributed by atoms with Crippen molar-refractivity contribution in [3.8, 4) is 0 Å². The molecule has 228 valence electrons. The first-order valence-electron chi connectivity index (χ1n) is 13.0. The molecule has 0 aromatic heterocycles. The normalized spacial score (nSPS) is 11.7. The van der Waals surface area contributed by atoms with E-state index in [2.05, 4.69) is 16.0 Å². The summed E-state index contributed by atoms with van der Waals surface area (Å²) in [4.78, 5) is 44.2. The summed E-state index contributed by atoms with van der Waals surface area (Å²) >= 11 is 0. The van der Waals surface area contributed by atoms with Crippen LogP contribution in [0.4, 0.5) is 0 Å². The maximum absolute atomic E-state index is 11.7. The molecular weight excluding hydrogens is 520 g/mol. The second-order valence-corrected chi connectivity index (χ2v) is 8.12. The summed E-state index contributed by atoms with van der Waals surface area (Å²) in [5.74, 6) is -2.30. The highest BCUT2D eigenvalue weighted by molar-refractivity contribution is 5.93. The fourth-order valence-electron chi connectivity index (χ4n) is 2.91. The Hall–Kier alpha value is -2.40. The van der Waals surface area contributed by atoms with E-state index >= 15 is 0 Å². The quantitative estimate of drug-likeness (QED) is 0.0494. The lowest BCUT2D eigenvalue weighted by Gasteiger charge is -2.12. The van der Waals surface area contributed by atoms with E-state index < -0.39 is 18.3 Å². The first-order chi connectivity index (χ1) is 18.9. The summed E-state index contributed by atoms with van der Waals surface area (Å²) in [5.41, 5.74) is 5.25. The molecule has 0 rings (SSSR count). The number of carbonyl (C=O) groups is 4. The highest BCUT2D eigenvalue weighted by Gasteiger charge is 2.11. The molecule has 0 aliphatic heterocycles. The maximum Gasteiger partial charge on any atom is 0.312 e. The molecule has 0 saturated carbocycles. The molecule has 15 nitrogen and oxygen atoms in total. The Balaban J connectivity index is 3.24. The highest BCUT2D eigenvalue weighted by Crippen LogP contribution is 1.99. The monoisotopic (exact) mass is 566 g/mol. The number of carbonyl (C=O) groups excluding carboxylic acids is 3. The molecule has 0 aliphatic rings. The number of rotatable bonds is 29. The highest BCUT2D eigenvalue weighted by atomic mass is 16.6. The Labute approximate surface area is 229 Å². The van der Waals surface area contributed by atoms with Crippen molar-refractivity contribution >= 4 is 23.7 Å². The van der Waals surface area contributed by atoms with Gasteiger partial charge in [-0.05, 0) is 26.3 Å². The summed E-state index contributed by atoms with van der Waals surface area (Å²) in [6.45, 7) is 4.88. The molecule has 15 heteroatoms. The van der Waals surface area contributed by atoms with Gasteiger partial charge in [-0.3, -0.25) is 19.2 Å². The summed E-state index contributed by atoms with van der Waals surface area (Å²) in [5, 5.41) is 16.5. The van der Waals surface area contributed by atoms with Crippen molar-refractivity contribution in [2.75, 3.05) is 99.4 Å². The third-order valence-corrected chi connectivity index (χ3v) is 4.91. The topological polar surface area (TPSA) is 206 Å². The van der Waals surface area contributed by atoms with E-state index in [0.717, 1.165) is 12.8 Å². The van der Waals surface area contributed by atoms with Crippen LogP contribution < -0.4 is 21.7 Å². The maximum atomic E-state index is 11.7. The van der Waals surface area contributed by atoms with Crippen LogP contribution in [0.2, 0.25) is 0 Å². The second-order valence-electron chi connectivity index (χ2n) is 8.12. The molecule has 39 heavy (non-hydrogen) atoms. The van der Waals surface area contributed by atoms with Crippen molar-refractivity contribution in [2.45, 2.75) is 31.7 Å². The number of hydrogen-bond acceptors (Lipinski definition) is 11. The Kier molecular flexibility index (Phi) is 25.5. The number of hydrogen-bond donors (Lipinski definition) is 5. The van der Waals surface area contributed by atoms with Gasteiger partial charge in [-0.2, -0.15) is 0 Å².